The maximum absolute atomic E-state index is 12.1. The average Bonchev–Trinajstić information content (AvgIpc) is 2.73. The Labute approximate surface area is 117 Å². The van der Waals surface area contributed by atoms with E-state index in [1.807, 2.05) is 0 Å². The molecule has 108 valence electrons. The van der Waals surface area contributed by atoms with Crippen LogP contribution in [0.2, 0.25) is 0 Å². The molecule has 0 spiro atoms. The van der Waals surface area contributed by atoms with E-state index in [1.54, 1.807) is 6.92 Å². The number of H-pyrrole nitrogens is 1. The molecule has 6 heteroatoms. The molecule has 0 fully saturated rings. The molecule has 2 rings (SSSR count). The number of fused-ring (bicyclic) bond motifs is 1. The second-order valence-corrected chi connectivity index (χ2v) is 4.99. The highest BCUT2D eigenvalue weighted by atomic mass is 16.2. The maximum atomic E-state index is 12.1. The number of aromatic amines is 1. The summed E-state index contributed by atoms with van der Waals surface area (Å²) in [7, 11) is 0. The number of carbonyl (C=O) groups excluding carboxylic acids is 3. The van der Waals surface area contributed by atoms with Gasteiger partial charge in [0.25, 0.3) is 5.91 Å². The van der Waals surface area contributed by atoms with Gasteiger partial charge < -0.3 is 15.6 Å². The molecule has 1 aromatic heterocycles. The number of hydrogen-bond acceptors (Lipinski definition) is 3. The van der Waals surface area contributed by atoms with Crippen LogP contribution >= 0.6 is 0 Å². The molecule has 0 unspecified atom stereocenters. The molecule has 0 radical (unpaired) electrons. The van der Waals surface area contributed by atoms with Gasteiger partial charge in [0.15, 0.2) is 5.78 Å². The molecule has 6 nitrogen and oxygen atoms in total. The van der Waals surface area contributed by atoms with E-state index in [1.165, 1.54) is 6.92 Å². The number of hydrogen-bond donors (Lipinski definition) is 3. The lowest BCUT2D eigenvalue weighted by Gasteiger charge is -2.09. The molecule has 1 aliphatic rings. The molecular weight excluding hydrogens is 258 g/mol. The summed E-state index contributed by atoms with van der Waals surface area (Å²) in [5, 5.41) is 5.33. The predicted octanol–water partition coefficient (Wildman–Crippen LogP) is 0.708. The van der Waals surface area contributed by atoms with Crippen LogP contribution in [0.4, 0.5) is 0 Å². The third-order valence-electron chi connectivity index (χ3n) is 3.45. The third-order valence-corrected chi connectivity index (χ3v) is 3.45. The van der Waals surface area contributed by atoms with E-state index < -0.39 is 0 Å². The zero-order valence-electron chi connectivity index (χ0n) is 11.8. The van der Waals surface area contributed by atoms with Gasteiger partial charge in [0.2, 0.25) is 5.91 Å². The van der Waals surface area contributed by atoms with E-state index in [-0.39, 0.29) is 17.6 Å². The second-order valence-electron chi connectivity index (χ2n) is 4.99. The fourth-order valence-electron chi connectivity index (χ4n) is 2.50. The predicted molar refractivity (Wildman–Crippen MR) is 73.8 cm³/mol. The zero-order valence-corrected chi connectivity index (χ0v) is 11.8. The highest BCUT2D eigenvalue weighted by Gasteiger charge is 2.25. The number of amides is 2. The Morgan fingerprint density at radius 1 is 1.20 bits per heavy atom. The first kappa shape index (κ1) is 14.3. The summed E-state index contributed by atoms with van der Waals surface area (Å²) >= 11 is 0. The minimum Gasteiger partial charge on any atom is -0.355 e. The fourth-order valence-corrected chi connectivity index (χ4v) is 2.50. The summed E-state index contributed by atoms with van der Waals surface area (Å²) < 4.78 is 0. The van der Waals surface area contributed by atoms with Crippen molar-refractivity contribution in [2.45, 2.75) is 33.1 Å². The number of Topliss-reactive ketones (excluding diaryl/α,β-unsaturated/α-hetero) is 1. The Morgan fingerprint density at radius 3 is 2.55 bits per heavy atom. The van der Waals surface area contributed by atoms with Crippen LogP contribution in [-0.2, 0) is 11.2 Å². The van der Waals surface area contributed by atoms with Gasteiger partial charge in [-0.2, -0.15) is 0 Å². The molecule has 1 aliphatic carbocycles. The Kier molecular flexibility index (Phi) is 4.22. The summed E-state index contributed by atoms with van der Waals surface area (Å²) in [5.74, 6) is -0.260. The fraction of sp³-hybridized carbons (Fsp3) is 0.500. The van der Waals surface area contributed by atoms with E-state index in [2.05, 4.69) is 15.6 Å². The lowest BCUT2D eigenvalue weighted by molar-refractivity contribution is -0.118. The van der Waals surface area contributed by atoms with Crippen molar-refractivity contribution in [3.05, 3.63) is 22.5 Å². The summed E-state index contributed by atoms with van der Waals surface area (Å²) in [6, 6.07) is 0. The summed E-state index contributed by atoms with van der Waals surface area (Å²) in [4.78, 5) is 37.7. The molecule has 0 aliphatic heterocycles. The molecule has 1 aromatic rings. The van der Waals surface area contributed by atoms with Gasteiger partial charge in [0, 0.05) is 37.7 Å². The van der Waals surface area contributed by atoms with Crippen molar-refractivity contribution >= 4 is 17.6 Å². The largest absolute Gasteiger partial charge is 0.355 e. The number of nitrogens with one attached hydrogen (secondary N) is 3. The van der Waals surface area contributed by atoms with Crippen molar-refractivity contribution in [3.8, 4) is 0 Å². The Bertz CT molecular complexity index is 560. The van der Waals surface area contributed by atoms with Crippen LogP contribution in [0.5, 0.6) is 0 Å². The highest BCUT2D eigenvalue weighted by Crippen LogP contribution is 2.26. The molecule has 0 saturated heterocycles. The second kappa shape index (κ2) is 5.90. The number of carbonyl (C=O) groups is 3. The minimum absolute atomic E-state index is 0.109. The normalized spacial score (nSPS) is 13.8. The quantitative estimate of drug-likeness (QED) is 0.708. The summed E-state index contributed by atoms with van der Waals surface area (Å²) in [6.45, 7) is 3.97. The molecule has 20 heavy (non-hydrogen) atoms. The molecule has 0 bridgehead atoms. The van der Waals surface area contributed by atoms with Gasteiger partial charge in [-0.3, -0.25) is 14.4 Å². The maximum Gasteiger partial charge on any atom is 0.268 e. The van der Waals surface area contributed by atoms with Crippen LogP contribution < -0.4 is 10.6 Å². The Morgan fingerprint density at radius 2 is 1.90 bits per heavy atom. The SMILES string of the molecule is CC(=O)NCCNC(=O)c1[nH]c2c(c1C)C(=O)CCC2. The minimum atomic E-state index is -0.241. The molecule has 2 amide bonds. The van der Waals surface area contributed by atoms with Gasteiger partial charge in [-0.1, -0.05) is 0 Å². The van der Waals surface area contributed by atoms with Crippen LogP contribution in [0, 0.1) is 6.92 Å². The van der Waals surface area contributed by atoms with Crippen molar-refractivity contribution in [3.63, 3.8) is 0 Å². The van der Waals surface area contributed by atoms with E-state index in [4.69, 9.17) is 0 Å². The third kappa shape index (κ3) is 2.89. The van der Waals surface area contributed by atoms with Gasteiger partial charge in [0.05, 0.1) is 0 Å². The van der Waals surface area contributed by atoms with Crippen LogP contribution in [0.15, 0.2) is 0 Å². The molecule has 1 heterocycles. The number of rotatable bonds is 4. The first-order valence-electron chi connectivity index (χ1n) is 6.78. The van der Waals surface area contributed by atoms with Crippen LogP contribution in [-0.4, -0.2) is 35.7 Å². The first-order valence-corrected chi connectivity index (χ1v) is 6.78. The summed E-state index contributed by atoms with van der Waals surface area (Å²) in [5.41, 5.74) is 2.73. The molecule has 0 aromatic carbocycles. The standard InChI is InChI=1S/C14H19N3O3/c1-8-12-10(4-3-5-11(12)19)17-13(8)14(20)16-7-6-15-9(2)18/h17H,3-7H2,1-2H3,(H,15,18)(H,16,20). The van der Waals surface area contributed by atoms with Gasteiger partial charge in [0.1, 0.15) is 5.69 Å². The van der Waals surface area contributed by atoms with Gasteiger partial charge in [-0.15, -0.1) is 0 Å². The first-order chi connectivity index (χ1) is 9.50. The molecule has 3 N–H and O–H groups in total. The van der Waals surface area contributed by atoms with Crippen LogP contribution in [0.1, 0.15) is 51.9 Å². The number of aryl methyl sites for hydroxylation is 1. The highest BCUT2D eigenvalue weighted by molar-refractivity contribution is 6.04. The van der Waals surface area contributed by atoms with Crippen molar-refractivity contribution in [2.24, 2.45) is 0 Å². The zero-order chi connectivity index (χ0) is 14.7. The molecular formula is C14H19N3O3. The molecule has 0 saturated carbocycles. The van der Waals surface area contributed by atoms with Crippen LogP contribution in [0.3, 0.4) is 0 Å². The monoisotopic (exact) mass is 277 g/mol. The lowest BCUT2D eigenvalue weighted by atomic mass is 9.94. The van der Waals surface area contributed by atoms with Crippen molar-refractivity contribution in [2.75, 3.05) is 13.1 Å². The van der Waals surface area contributed by atoms with E-state index >= 15 is 0 Å². The van der Waals surface area contributed by atoms with E-state index in [0.717, 1.165) is 24.1 Å². The average molecular weight is 277 g/mol. The smallest absolute Gasteiger partial charge is 0.268 e. The number of aromatic nitrogens is 1. The Balaban J connectivity index is 2.04. The number of ketones is 1. The van der Waals surface area contributed by atoms with Gasteiger partial charge in [-0.05, 0) is 25.3 Å². The van der Waals surface area contributed by atoms with Gasteiger partial charge in [-0.25, -0.2) is 0 Å². The topological polar surface area (TPSA) is 91.1 Å². The van der Waals surface area contributed by atoms with Crippen molar-refractivity contribution < 1.29 is 14.4 Å². The van der Waals surface area contributed by atoms with E-state index in [9.17, 15) is 14.4 Å². The van der Waals surface area contributed by atoms with Crippen molar-refractivity contribution in [1.82, 2.24) is 15.6 Å². The van der Waals surface area contributed by atoms with E-state index in [0.29, 0.717) is 30.8 Å². The lowest BCUT2D eigenvalue weighted by Crippen LogP contribution is -2.34. The Hall–Kier alpha value is -2.11. The van der Waals surface area contributed by atoms with Gasteiger partial charge >= 0.3 is 0 Å². The van der Waals surface area contributed by atoms with Crippen LogP contribution in [0.25, 0.3) is 0 Å². The van der Waals surface area contributed by atoms with Crippen molar-refractivity contribution in [1.29, 1.82) is 0 Å². The summed E-state index contributed by atoms with van der Waals surface area (Å²) in [6.07, 6.45) is 2.19. The molecule has 0 atom stereocenters.